The Balaban J connectivity index is 2.22. The molecule has 0 aliphatic rings. The van der Waals surface area contributed by atoms with Gasteiger partial charge in [-0.3, -0.25) is 9.36 Å². The molecule has 0 saturated heterocycles. The molecule has 1 N–H and O–H groups in total. The summed E-state index contributed by atoms with van der Waals surface area (Å²) >= 11 is 0. The van der Waals surface area contributed by atoms with Gasteiger partial charge in [0.15, 0.2) is 0 Å². The fraction of sp³-hybridized carbons (Fsp3) is 0.111. The number of methoxy groups -OCH3 is 1. The number of hydrogen-bond acceptors (Lipinski definition) is 4. The molecule has 0 spiro atoms. The third-order valence-corrected chi connectivity index (χ3v) is 4.71. The number of pyridine rings is 1. The highest BCUT2D eigenvalue weighted by Gasteiger charge is 2.22. The van der Waals surface area contributed by atoms with Crippen molar-refractivity contribution in [2.75, 3.05) is 7.11 Å². The summed E-state index contributed by atoms with van der Waals surface area (Å²) in [5, 5.41) is 12.5. The zero-order valence-electron chi connectivity index (χ0n) is 13.1. The first-order valence-corrected chi connectivity index (χ1v) is 7.53. The lowest BCUT2D eigenvalue weighted by Crippen LogP contribution is -2.09. The Hall–Kier alpha value is -3.28. The molecule has 0 saturated carbocycles. The predicted octanol–water partition coefficient (Wildman–Crippen LogP) is 2.64. The van der Waals surface area contributed by atoms with E-state index in [2.05, 4.69) is 0 Å². The molecule has 24 heavy (non-hydrogen) atoms. The molecule has 5 rings (SSSR count). The van der Waals surface area contributed by atoms with E-state index < -0.39 is 0 Å². The number of hydrogen-bond donors (Lipinski definition) is 1. The van der Waals surface area contributed by atoms with Gasteiger partial charge in [-0.15, -0.1) is 0 Å². The lowest BCUT2D eigenvalue weighted by atomic mass is 10.1. The number of nitrogens with zero attached hydrogens (tertiary/aromatic N) is 3. The smallest absolute Gasteiger partial charge is 0.263 e. The van der Waals surface area contributed by atoms with Gasteiger partial charge in [-0.05, 0) is 30.3 Å². The Morgan fingerprint density at radius 1 is 1.21 bits per heavy atom. The van der Waals surface area contributed by atoms with Gasteiger partial charge in [0.1, 0.15) is 11.3 Å². The molecule has 118 valence electrons. The van der Waals surface area contributed by atoms with E-state index in [-0.39, 0.29) is 11.4 Å². The van der Waals surface area contributed by atoms with Crippen molar-refractivity contribution in [2.45, 2.75) is 0 Å². The molecule has 0 aliphatic carbocycles. The molecular formula is C18H13N3O3. The van der Waals surface area contributed by atoms with Gasteiger partial charge in [0.25, 0.3) is 5.56 Å². The Morgan fingerprint density at radius 3 is 2.83 bits per heavy atom. The molecule has 6 heteroatoms. The van der Waals surface area contributed by atoms with Crippen LogP contribution in [0.25, 0.3) is 38.2 Å². The maximum Gasteiger partial charge on any atom is 0.263 e. The van der Waals surface area contributed by atoms with Crippen molar-refractivity contribution in [3.8, 4) is 11.6 Å². The molecule has 0 bridgehead atoms. The predicted molar refractivity (Wildman–Crippen MR) is 92.4 cm³/mol. The summed E-state index contributed by atoms with van der Waals surface area (Å²) in [6, 6.07) is 9.42. The van der Waals surface area contributed by atoms with E-state index >= 15 is 0 Å². The van der Waals surface area contributed by atoms with E-state index in [1.807, 2.05) is 40.9 Å². The Bertz CT molecular complexity index is 1330. The second kappa shape index (κ2) is 4.17. The second-order valence-corrected chi connectivity index (χ2v) is 5.89. The monoisotopic (exact) mass is 319 g/mol. The number of rotatable bonds is 1. The maximum absolute atomic E-state index is 12.8. The van der Waals surface area contributed by atoms with Crippen LogP contribution < -0.4 is 10.3 Å². The molecule has 5 aromatic rings. The van der Waals surface area contributed by atoms with Crippen molar-refractivity contribution in [2.24, 2.45) is 7.05 Å². The Kier molecular flexibility index (Phi) is 2.29. The Morgan fingerprint density at radius 2 is 2.04 bits per heavy atom. The average molecular weight is 319 g/mol. The largest absolute Gasteiger partial charge is 0.497 e. The molecule has 0 unspecified atom stereocenters. The quantitative estimate of drug-likeness (QED) is 0.516. The van der Waals surface area contributed by atoms with E-state index in [4.69, 9.17) is 9.72 Å². The summed E-state index contributed by atoms with van der Waals surface area (Å²) in [5.74, 6) is 0.656. The number of ether oxygens (including phenoxy) is 1. The minimum absolute atomic E-state index is 0.0460. The third kappa shape index (κ3) is 1.36. The first kappa shape index (κ1) is 13.2. The molecule has 0 amide bonds. The van der Waals surface area contributed by atoms with E-state index in [1.165, 1.54) is 4.57 Å². The summed E-state index contributed by atoms with van der Waals surface area (Å²) in [5.41, 5.74) is 2.67. The van der Waals surface area contributed by atoms with Gasteiger partial charge in [-0.1, -0.05) is 0 Å². The lowest BCUT2D eigenvalue weighted by Gasteiger charge is -2.02. The van der Waals surface area contributed by atoms with Gasteiger partial charge >= 0.3 is 0 Å². The first-order valence-electron chi connectivity index (χ1n) is 7.53. The van der Waals surface area contributed by atoms with E-state index in [0.29, 0.717) is 16.7 Å². The lowest BCUT2D eigenvalue weighted by molar-refractivity contribution is 0.415. The summed E-state index contributed by atoms with van der Waals surface area (Å²) in [7, 11) is 3.17. The first-order chi connectivity index (χ1) is 11.6. The van der Waals surface area contributed by atoms with Crippen molar-refractivity contribution in [3.05, 3.63) is 46.9 Å². The second-order valence-electron chi connectivity index (χ2n) is 5.89. The van der Waals surface area contributed by atoms with E-state index in [0.717, 1.165) is 27.3 Å². The zero-order chi connectivity index (χ0) is 16.6. The topological polar surface area (TPSA) is 68.8 Å². The number of benzene rings is 1. The highest BCUT2D eigenvalue weighted by Crippen LogP contribution is 2.38. The van der Waals surface area contributed by atoms with Crippen LogP contribution in [0.5, 0.6) is 11.6 Å². The molecule has 0 radical (unpaired) electrons. The van der Waals surface area contributed by atoms with Crippen LogP contribution in [-0.2, 0) is 7.05 Å². The van der Waals surface area contributed by atoms with Crippen LogP contribution in [0.1, 0.15) is 0 Å². The van der Waals surface area contributed by atoms with Crippen LogP contribution in [0.4, 0.5) is 0 Å². The number of fused-ring (bicyclic) bond motifs is 8. The van der Waals surface area contributed by atoms with E-state index in [9.17, 15) is 9.90 Å². The zero-order valence-corrected chi connectivity index (χ0v) is 13.1. The molecule has 4 heterocycles. The van der Waals surface area contributed by atoms with Crippen LogP contribution in [0.3, 0.4) is 0 Å². The van der Waals surface area contributed by atoms with E-state index in [1.54, 1.807) is 14.2 Å². The molecule has 6 nitrogen and oxygen atoms in total. The molecule has 0 fully saturated rings. The van der Waals surface area contributed by atoms with Crippen LogP contribution in [0, 0.1) is 0 Å². The maximum atomic E-state index is 12.8. The summed E-state index contributed by atoms with van der Waals surface area (Å²) in [6.07, 6.45) is 1.83. The molecule has 4 aromatic heterocycles. The molecule has 0 aliphatic heterocycles. The van der Waals surface area contributed by atoms with Crippen LogP contribution >= 0.6 is 0 Å². The summed E-state index contributed by atoms with van der Waals surface area (Å²) < 4.78 is 8.40. The minimum Gasteiger partial charge on any atom is -0.497 e. The third-order valence-electron chi connectivity index (χ3n) is 4.71. The molecule has 1 aromatic carbocycles. The fourth-order valence-electron chi connectivity index (χ4n) is 3.54. The summed E-state index contributed by atoms with van der Waals surface area (Å²) in [4.78, 5) is 17.5. The standard InChI is InChI=1S/C18H13N3O3/c1-20-17(22)14-13-10-8-9(24-2)5-6-11(10)19-15(13)12-4-3-7-21(12)16(14)18(20)23/h3-8,23H,1-2H3. The van der Waals surface area contributed by atoms with Crippen molar-refractivity contribution in [1.29, 1.82) is 0 Å². The van der Waals surface area contributed by atoms with Crippen LogP contribution in [0.15, 0.2) is 41.3 Å². The van der Waals surface area contributed by atoms with Crippen LogP contribution in [-0.4, -0.2) is 26.2 Å². The highest BCUT2D eigenvalue weighted by molar-refractivity contribution is 6.24. The molecular weight excluding hydrogens is 306 g/mol. The normalized spacial score (nSPS) is 12.1. The van der Waals surface area contributed by atoms with Gasteiger partial charge in [0, 0.05) is 24.0 Å². The summed E-state index contributed by atoms with van der Waals surface area (Å²) in [6.45, 7) is 0. The van der Waals surface area contributed by atoms with Gasteiger partial charge in [0.05, 0.1) is 29.0 Å². The van der Waals surface area contributed by atoms with Crippen molar-refractivity contribution in [1.82, 2.24) is 14.0 Å². The Labute approximate surface area is 135 Å². The van der Waals surface area contributed by atoms with Gasteiger partial charge < -0.3 is 14.2 Å². The van der Waals surface area contributed by atoms with Crippen LogP contribution in [0.2, 0.25) is 0 Å². The van der Waals surface area contributed by atoms with Gasteiger partial charge in [0.2, 0.25) is 5.88 Å². The molecule has 0 atom stereocenters. The number of aromatic nitrogens is 3. The highest BCUT2D eigenvalue weighted by atomic mass is 16.5. The fourth-order valence-corrected chi connectivity index (χ4v) is 3.54. The van der Waals surface area contributed by atoms with Crippen molar-refractivity contribution in [3.63, 3.8) is 0 Å². The number of aromatic hydroxyl groups is 1. The minimum atomic E-state index is -0.236. The average Bonchev–Trinajstić information content (AvgIpc) is 3.26. The van der Waals surface area contributed by atoms with Gasteiger partial charge in [-0.2, -0.15) is 0 Å². The van der Waals surface area contributed by atoms with Gasteiger partial charge in [-0.25, -0.2) is 4.98 Å². The van der Waals surface area contributed by atoms with Crippen molar-refractivity contribution < 1.29 is 9.84 Å². The SMILES string of the molecule is COc1ccc2nc3c(c2c1)c1c(=O)n(C)c(O)c1n1cccc31. The van der Waals surface area contributed by atoms with Crippen molar-refractivity contribution >= 4 is 38.2 Å².